The largest absolute Gasteiger partial charge is 0.417 e. The number of aryl methyl sites for hydroxylation is 1. The van der Waals surface area contributed by atoms with Crippen LogP contribution in [0.5, 0.6) is 0 Å². The molecule has 0 aliphatic rings. The molecule has 0 bridgehead atoms. The van der Waals surface area contributed by atoms with Crippen molar-refractivity contribution in [1.82, 2.24) is 0 Å². The third-order valence-corrected chi connectivity index (χ3v) is 2.19. The average molecular weight is 247 g/mol. The van der Waals surface area contributed by atoms with Gasteiger partial charge in [0.1, 0.15) is 0 Å². The molecule has 17 heavy (non-hydrogen) atoms. The Morgan fingerprint density at radius 1 is 1.35 bits per heavy atom. The quantitative estimate of drug-likeness (QED) is 0.458. The Bertz CT molecular complexity index is 494. The van der Waals surface area contributed by atoms with Crippen LogP contribution in [-0.4, -0.2) is 10.7 Å². The standard InChI is InChI=1S/C10H8F3NO3/c1-5-3-7(14(16)17)4-8(10(11,12)13)9(5)6(2)15/h3-4H,1-2H3. The van der Waals surface area contributed by atoms with Crippen molar-refractivity contribution in [3.05, 3.63) is 38.9 Å². The van der Waals surface area contributed by atoms with Gasteiger partial charge in [0.2, 0.25) is 0 Å². The van der Waals surface area contributed by atoms with Crippen LogP contribution in [0.15, 0.2) is 12.1 Å². The van der Waals surface area contributed by atoms with Crippen molar-refractivity contribution in [2.45, 2.75) is 20.0 Å². The number of halogens is 3. The van der Waals surface area contributed by atoms with Gasteiger partial charge >= 0.3 is 6.18 Å². The monoisotopic (exact) mass is 247 g/mol. The lowest BCUT2D eigenvalue weighted by Crippen LogP contribution is -2.14. The lowest BCUT2D eigenvalue weighted by Gasteiger charge is -2.12. The first-order valence-corrected chi connectivity index (χ1v) is 4.51. The first-order valence-electron chi connectivity index (χ1n) is 4.51. The van der Waals surface area contributed by atoms with Crippen molar-refractivity contribution >= 4 is 11.5 Å². The highest BCUT2D eigenvalue weighted by molar-refractivity contribution is 5.97. The molecule has 92 valence electrons. The number of hydrogen-bond acceptors (Lipinski definition) is 3. The van der Waals surface area contributed by atoms with Gasteiger partial charge in [0.05, 0.1) is 10.5 Å². The van der Waals surface area contributed by atoms with Gasteiger partial charge in [-0.25, -0.2) is 0 Å². The Hall–Kier alpha value is -1.92. The van der Waals surface area contributed by atoms with Gasteiger partial charge in [0, 0.05) is 17.7 Å². The highest BCUT2D eigenvalue weighted by Gasteiger charge is 2.37. The molecule has 7 heteroatoms. The minimum Gasteiger partial charge on any atom is -0.294 e. The maximum atomic E-state index is 12.7. The third kappa shape index (κ3) is 2.61. The molecule has 0 heterocycles. The first-order chi connectivity index (χ1) is 7.64. The zero-order valence-electron chi connectivity index (χ0n) is 8.96. The second-order valence-electron chi connectivity index (χ2n) is 3.50. The number of hydrogen-bond donors (Lipinski definition) is 0. The molecule has 0 fully saturated rings. The zero-order chi connectivity index (χ0) is 13.4. The topological polar surface area (TPSA) is 60.2 Å². The van der Waals surface area contributed by atoms with Crippen molar-refractivity contribution in [3.8, 4) is 0 Å². The molecule has 0 spiro atoms. The van der Waals surface area contributed by atoms with Gasteiger partial charge in [0.15, 0.2) is 5.78 Å². The Balaban J connectivity index is 3.62. The van der Waals surface area contributed by atoms with Crippen LogP contribution in [0.3, 0.4) is 0 Å². The van der Waals surface area contributed by atoms with Gasteiger partial charge in [-0.15, -0.1) is 0 Å². The zero-order valence-corrected chi connectivity index (χ0v) is 8.96. The Morgan fingerprint density at radius 2 is 1.88 bits per heavy atom. The molecular weight excluding hydrogens is 239 g/mol. The van der Waals surface area contributed by atoms with E-state index in [1.165, 1.54) is 6.92 Å². The minimum atomic E-state index is -4.79. The number of carbonyl (C=O) groups excluding carboxylic acids is 1. The summed E-state index contributed by atoms with van der Waals surface area (Å²) in [5.74, 6) is -0.773. The number of non-ortho nitro benzene ring substituents is 1. The molecular formula is C10H8F3NO3. The number of benzene rings is 1. The Morgan fingerprint density at radius 3 is 2.24 bits per heavy atom. The lowest BCUT2D eigenvalue weighted by atomic mass is 9.97. The second kappa shape index (κ2) is 4.15. The van der Waals surface area contributed by atoms with Crippen LogP contribution in [0, 0.1) is 17.0 Å². The molecule has 0 amide bonds. The molecule has 0 N–H and O–H groups in total. The van der Waals surface area contributed by atoms with Gasteiger partial charge in [-0.2, -0.15) is 13.2 Å². The van der Waals surface area contributed by atoms with Crippen LogP contribution in [-0.2, 0) is 6.18 Å². The molecule has 0 aliphatic heterocycles. The van der Waals surface area contributed by atoms with E-state index in [0.717, 1.165) is 13.0 Å². The van der Waals surface area contributed by atoms with E-state index in [-0.39, 0.29) is 5.56 Å². The highest BCUT2D eigenvalue weighted by atomic mass is 19.4. The number of nitrogens with zero attached hydrogens (tertiary/aromatic N) is 1. The van der Waals surface area contributed by atoms with E-state index in [1.807, 2.05) is 0 Å². The summed E-state index contributed by atoms with van der Waals surface area (Å²) in [7, 11) is 0. The van der Waals surface area contributed by atoms with Crippen LogP contribution in [0.25, 0.3) is 0 Å². The average Bonchev–Trinajstić information content (AvgIpc) is 2.14. The van der Waals surface area contributed by atoms with Gasteiger partial charge in [-0.05, 0) is 19.4 Å². The van der Waals surface area contributed by atoms with Crippen molar-refractivity contribution in [3.63, 3.8) is 0 Å². The van der Waals surface area contributed by atoms with Gasteiger partial charge in [-0.3, -0.25) is 14.9 Å². The van der Waals surface area contributed by atoms with Crippen molar-refractivity contribution in [1.29, 1.82) is 0 Å². The second-order valence-corrected chi connectivity index (χ2v) is 3.50. The SMILES string of the molecule is CC(=O)c1c(C)cc([N+](=O)[O-])cc1C(F)(F)F. The fourth-order valence-corrected chi connectivity index (χ4v) is 1.56. The highest BCUT2D eigenvalue weighted by Crippen LogP contribution is 2.36. The summed E-state index contributed by atoms with van der Waals surface area (Å²) in [6.07, 6.45) is -4.79. The van der Waals surface area contributed by atoms with Gasteiger partial charge in [0.25, 0.3) is 5.69 Å². The Kier molecular flexibility index (Phi) is 3.21. The van der Waals surface area contributed by atoms with Crippen molar-refractivity contribution < 1.29 is 22.9 Å². The summed E-state index contributed by atoms with van der Waals surface area (Å²) in [6.45, 7) is 2.22. The molecule has 1 rings (SSSR count). The van der Waals surface area contributed by atoms with Crippen molar-refractivity contribution in [2.24, 2.45) is 0 Å². The maximum Gasteiger partial charge on any atom is 0.417 e. The maximum absolute atomic E-state index is 12.7. The molecule has 0 saturated carbocycles. The van der Waals surface area contributed by atoms with E-state index >= 15 is 0 Å². The molecule has 0 aliphatic carbocycles. The number of alkyl halides is 3. The molecule has 0 radical (unpaired) electrons. The molecule has 0 aromatic heterocycles. The Labute approximate surface area is 94.2 Å². The summed E-state index contributed by atoms with van der Waals surface area (Å²) in [5, 5.41) is 10.5. The molecule has 1 aromatic rings. The predicted octanol–water partition coefficient (Wildman–Crippen LogP) is 3.12. The molecule has 0 atom stereocenters. The van der Waals surface area contributed by atoms with E-state index in [9.17, 15) is 28.1 Å². The fraction of sp³-hybridized carbons (Fsp3) is 0.300. The summed E-state index contributed by atoms with van der Waals surface area (Å²) < 4.78 is 38.0. The van der Waals surface area contributed by atoms with E-state index in [2.05, 4.69) is 0 Å². The minimum absolute atomic E-state index is 0.0565. The van der Waals surface area contributed by atoms with E-state index in [1.54, 1.807) is 0 Å². The summed E-state index contributed by atoms with van der Waals surface area (Å²) in [5.41, 5.74) is -2.53. The number of nitro groups is 1. The van der Waals surface area contributed by atoms with Crippen LogP contribution in [0.2, 0.25) is 0 Å². The van der Waals surface area contributed by atoms with E-state index < -0.39 is 33.7 Å². The van der Waals surface area contributed by atoms with Crippen LogP contribution >= 0.6 is 0 Å². The lowest BCUT2D eigenvalue weighted by molar-refractivity contribution is -0.385. The number of ketones is 1. The van der Waals surface area contributed by atoms with Crippen LogP contribution < -0.4 is 0 Å². The van der Waals surface area contributed by atoms with Gasteiger partial charge < -0.3 is 0 Å². The van der Waals surface area contributed by atoms with Crippen LogP contribution in [0.4, 0.5) is 18.9 Å². The molecule has 1 aromatic carbocycles. The van der Waals surface area contributed by atoms with Crippen molar-refractivity contribution in [2.75, 3.05) is 0 Å². The normalized spacial score (nSPS) is 11.4. The smallest absolute Gasteiger partial charge is 0.294 e. The number of nitro benzene ring substituents is 1. The predicted molar refractivity (Wildman–Crippen MR) is 52.8 cm³/mol. The van der Waals surface area contributed by atoms with E-state index in [0.29, 0.717) is 6.07 Å². The van der Waals surface area contributed by atoms with Crippen LogP contribution in [0.1, 0.15) is 28.4 Å². The number of Topliss-reactive ketones (excluding diaryl/α,β-unsaturated/α-hetero) is 1. The molecule has 0 unspecified atom stereocenters. The van der Waals surface area contributed by atoms with Gasteiger partial charge in [-0.1, -0.05) is 0 Å². The summed E-state index contributed by atoms with van der Waals surface area (Å²) in [6, 6.07) is 1.33. The molecule has 0 saturated heterocycles. The van der Waals surface area contributed by atoms with E-state index in [4.69, 9.17) is 0 Å². The number of rotatable bonds is 2. The third-order valence-electron chi connectivity index (χ3n) is 2.19. The fourth-order valence-electron chi connectivity index (χ4n) is 1.56. The number of carbonyl (C=O) groups is 1. The molecule has 4 nitrogen and oxygen atoms in total. The summed E-state index contributed by atoms with van der Waals surface area (Å²) >= 11 is 0. The summed E-state index contributed by atoms with van der Waals surface area (Å²) in [4.78, 5) is 20.7. The first kappa shape index (κ1) is 13.1.